The van der Waals surface area contributed by atoms with Crippen molar-refractivity contribution in [2.24, 2.45) is 45.3 Å². The molecular weight excluding hydrogens is 728 g/mol. The second-order valence-corrected chi connectivity index (χ2v) is 21.1. The lowest BCUT2D eigenvalue weighted by molar-refractivity contribution is -0.378. The van der Waals surface area contributed by atoms with Crippen molar-refractivity contribution in [2.75, 3.05) is 13.2 Å². The summed E-state index contributed by atoms with van der Waals surface area (Å²) in [6.45, 7) is 16.3. The van der Waals surface area contributed by atoms with Crippen LogP contribution in [0.15, 0.2) is 0 Å². The van der Waals surface area contributed by atoms with E-state index in [-0.39, 0.29) is 46.0 Å². The Morgan fingerprint density at radius 3 is 1.86 bits per heavy atom. The van der Waals surface area contributed by atoms with Gasteiger partial charge < -0.3 is 69.6 Å². The standard InChI is InChI=1S/C42H72O14/c1-37(2)24-10-15-40(6)25(17-21(45)28-20(9-14-41(28,40)7)42(8)16-12-27(56-42)38(3,4)51)39(24,5)13-11-26(37)54-36-34(32(49)30(47)23(19-44)53-36)55-35-33(50)31(48)29(46)22(18-43)52-35/h20-36,43-51H,9-19H2,1-8H3/t20?,21?,22-,23-,24?,25?,26+,27+,28?,29-,30-,31+,32+,33-,34-,35+,36+,39?,40?,41-,42-/m1/s1. The van der Waals surface area contributed by atoms with Crippen LogP contribution in [0.1, 0.15) is 113 Å². The van der Waals surface area contributed by atoms with Gasteiger partial charge in [0.25, 0.3) is 0 Å². The van der Waals surface area contributed by atoms with Gasteiger partial charge in [-0.3, -0.25) is 0 Å². The summed E-state index contributed by atoms with van der Waals surface area (Å²) in [5, 5.41) is 96.5. The number of rotatable bonds is 8. The first-order valence-electron chi connectivity index (χ1n) is 21.3. The van der Waals surface area contributed by atoms with Crippen molar-refractivity contribution in [3.05, 3.63) is 0 Å². The minimum absolute atomic E-state index is 0.0311. The third kappa shape index (κ3) is 6.58. The highest BCUT2D eigenvalue weighted by Gasteiger charge is 2.72. The molecule has 0 bridgehead atoms. The second kappa shape index (κ2) is 14.8. The third-order valence-corrected chi connectivity index (χ3v) is 17.5. The molecule has 324 valence electrons. The van der Waals surface area contributed by atoms with Crippen LogP contribution in [-0.2, 0) is 23.7 Å². The zero-order valence-electron chi connectivity index (χ0n) is 34.7. The summed E-state index contributed by atoms with van der Waals surface area (Å²) in [7, 11) is 0. The van der Waals surface area contributed by atoms with E-state index in [1.54, 1.807) is 0 Å². The molecule has 7 rings (SSSR count). The van der Waals surface area contributed by atoms with E-state index < -0.39 is 103 Å². The average Bonchev–Trinajstić information content (AvgIpc) is 3.73. The highest BCUT2D eigenvalue weighted by atomic mass is 16.8. The molecule has 14 heteroatoms. The van der Waals surface area contributed by atoms with Crippen molar-refractivity contribution in [3.8, 4) is 0 Å². The molecular formula is C42H72O14. The van der Waals surface area contributed by atoms with E-state index in [9.17, 15) is 46.0 Å². The van der Waals surface area contributed by atoms with Gasteiger partial charge >= 0.3 is 0 Å². The summed E-state index contributed by atoms with van der Waals surface area (Å²) < 4.78 is 31.1. The van der Waals surface area contributed by atoms with E-state index in [0.717, 1.165) is 44.9 Å². The van der Waals surface area contributed by atoms with Gasteiger partial charge in [0.1, 0.15) is 48.8 Å². The molecule has 14 nitrogen and oxygen atoms in total. The summed E-state index contributed by atoms with van der Waals surface area (Å²) in [6, 6.07) is 0. The molecule has 3 heterocycles. The molecule has 4 saturated carbocycles. The van der Waals surface area contributed by atoms with Crippen LogP contribution < -0.4 is 0 Å². The Bertz CT molecular complexity index is 1410. The summed E-state index contributed by atoms with van der Waals surface area (Å²) in [5.41, 5.74) is -2.03. The van der Waals surface area contributed by atoms with Crippen LogP contribution in [0, 0.1) is 45.3 Å². The predicted molar refractivity (Wildman–Crippen MR) is 200 cm³/mol. The van der Waals surface area contributed by atoms with Gasteiger partial charge in [0, 0.05) is 0 Å². The quantitative estimate of drug-likeness (QED) is 0.158. The molecule has 0 aromatic heterocycles. The van der Waals surface area contributed by atoms with Gasteiger partial charge in [-0.1, -0.05) is 34.6 Å². The first kappa shape index (κ1) is 43.5. The molecule has 0 radical (unpaired) electrons. The highest BCUT2D eigenvalue weighted by molar-refractivity contribution is 5.20. The SMILES string of the molecule is CC12CC[C@H](O[C@@H]3O[C@H](CO)[C@@H](O)[C@H](O)[C@H]3O[C@@H]3O[C@H](CO)[C@@H](O)[C@H](O)[C@H]3O)C(C)(C)C1CCC1(C)C2CC(O)C2C([C@@]3(C)CC[C@@H](C(C)(C)O)O3)CC[C@]21C. The maximum atomic E-state index is 12.3. The minimum atomic E-state index is -1.75. The Morgan fingerprint density at radius 1 is 0.643 bits per heavy atom. The van der Waals surface area contributed by atoms with Crippen LogP contribution in [0.2, 0.25) is 0 Å². The van der Waals surface area contributed by atoms with Crippen molar-refractivity contribution >= 4 is 0 Å². The van der Waals surface area contributed by atoms with E-state index >= 15 is 0 Å². The first-order valence-corrected chi connectivity index (χ1v) is 21.3. The van der Waals surface area contributed by atoms with Crippen molar-refractivity contribution < 1.29 is 69.6 Å². The maximum absolute atomic E-state index is 12.3. The lowest BCUT2D eigenvalue weighted by Crippen LogP contribution is -2.68. The topological polar surface area (TPSA) is 228 Å². The molecule has 21 atom stereocenters. The monoisotopic (exact) mass is 800 g/mol. The Labute approximate surface area is 331 Å². The molecule has 0 spiro atoms. The Morgan fingerprint density at radius 2 is 1.25 bits per heavy atom. The number of ether oxygens (including phenoxy) is 5. The third-order valence-electron chi connectivity index (χ3n) is 17.5. The van der Waals surface area contributed by atoms with E-state index in [1.807, 2.05) is 13.8 Å². The lowest BCUT2D eigenvalue weighted by Gasteiger charge is -2.70. The number of aliphatic hydroxyl groups is 9. The lowest BCUT2D eigenvalue weighted by atomic mass is 9.35. The van der Waals surface area contributed by atoms with Gasteiger partial charge in [0.2, 0.25) is 0 Å². The van der Waals surface area contributed by atoms with Gasteiger partial charge in [-0.05, 0) is 124 Å². The normalized spacial score (nSPS) is 56.0. The van der Waals surface area contributed by atoms with Gasteiger partial charge in [-0.2, -0.15) is 0 Å². The van der Waals surface area contributed by atoms with Gasteiger partial charge in [0.15, 0.2) is 12.6 Å². The molecule has 0 amide bonds. The van der Waals surface area contributed by atoms with E-state index in [4.69, 9.17) is 23.7 Å². The highest BCUT2D eigenvalue weighted by Crippen LogP contribution is 2.76. The van der Waals surface area contributed by atoms with Crippen molar-refractivity contribution in [3.63, 3.8) is 0 Å². The van der Waals surface area contributed by atoms with E-state index in [2.05, 4.69) is 41.5 Å². The fourth-order valence-electron chi connectivity index (χ4n) is 14.1. The molecule has 3 aliphatic heterocycles. The number of hydrogen-bond acceptors (Lipinski definition) is 14. The average molecular weight is 801 g/mol. The van der Waals surface area contributed by atoms with Crippen molar-refractivity contribution in [2.45, 2.75) is 204 Å². The zero-order chi connectivity index (χ0) is 41.1. The van der Waals surface area contributed by atoms with E-state index in [0.29, 0.717) is 12.8 Å². The minimum Gasteiger partial charge on any atom is -0.394 e. The summed E-state index contributed by atoms with van der Waals surface area (Å²) in [4.78, 5) is 0. The van der Waals surface area contributed by atoms with Crippen LogP contribution in [0.25, 0.3) is 0 Å². The Balaban J connectivity index is 1.11. The molecule has 4 aliphatic carbocycles. The van der Waals surface area contributed by atoms with Crippen LogP contribution >= 0.6 is 0 Å². The molecule has 7 aliphatic rings. The van der Waals surface area contributed by atoms with Crippen LogP contribution in [0.3, 0.4) is 0 Å². The Kier molecular flexibility index (Phi) is 11.5. The summed E-state index contributed by atoms with van der Waals surface area (Å²) in [5.74, 6) is 0.725. The molecule has 3 saturated heterocycles. The van der Waals surface area contributed by atoms with Gasteiger partial charge in [-0.15, -0.1) is 0 Å². The number of hydrogen-bond donors (Lipinski definition) is 9. The number of fused-ring (bicyclic) bond motifs is 5. The first-order chi connectivity index (χ1) is 26.0. The molecule has 9 N–H and O–H groups in total. The largest absolute Gasteiger partial charge is 0.394 e. The molecule has 56 heavy (non-hydrogen) atoms. The zero-order valence-corrected chi connectivity index (χ0v) is 34.7. The van der Waals surface area contributed by atoms with Crippen LogP contribution in [-0.4, -0.2) is 150 Å². The predicted octanol–water partition coefficient (Wildman–Crippen LogP) is 1.36. The fraction of sp³-hybridized carbons (Fsp3) is 1.00. The molecule has 7 fully saturated rings. The van der Waals surface area contributed by atoms with Crippen LogP contribution in [0.5, 0.6) is 0 Å². The number of aliphatic hydroxyl groups excluding tert-OH is 8. The van der Waals surface area contributed by atoms with Crippen LogP contribution in [0.4, 0.5) is 0 Å². The summed E-state index contributed by atoms with van der Waals surface area (Å²) in [6.07, 6.45) is -8.45. The molecule has 0 aromatic rings. The molecule has 0 aromatic carbocycles. The van der Waals surface area contributed by atoms with Crippen molar-refractivity contribution in [1.82, 2.24) is 0 Å². The Hall–Kier alpha value is -0.560. The smallest absolute Gasteiger partial charge is 0.187 e. The van der Waals surface area contributed by atoms with Gasteiger partial charge in [-0.25, -0.2) is 0 Å². The second-order valence-electron chi connectivity index (χ2n) is 21.1. The maximum Gasteiger partial charge on any atom is 0.187 e. The summed E-state index contributed by atoms with van der Waals surface area (Å²) >= 11 is 0. The molecule has 7 unspecified atom stereocenters. The fourth-order valence-corrected chi connectivity index (χ4v) is 14.1. The van der Waals surface area contributed by atoms with E-state index in [1.165, 1.54) is 0 Å². The van der Waals surface area contributed by atoms with Gasteiger partial charge in [0.05, 0.1) is 42.7 Å². The van der Waals surface area contributed by atoms with Crippen molar-refractivity contribution in [1.29, 1.82) is 0 Å².